The van der Waals surface area contributed by atoms with Gasteiger partial charge in [0, 0.05) is 88.4 Å². The second-order valence-corrected chi connectivity index (χ2v) is 17.5. The van der Waals surface area contributed by atoms with Gasteiger partial charge in [0.15, 0.2) is 35.1 Å². The Morgan fingerprint density at radius 2 is 1.36 bits per heavy atom. The van der Waals surface area contributed by atoms with Crippen LogP contribution in [0.3, 0.4) is 0 Å². The third kappa shape index (κ3) is 12.4. The molecule has 1 heterocycles. The maximum absolute atomic E-state index is 13.3. The quantitative estimate of drug-likeness (QED) is 0.0281. The smallest absolute Gasteiger partial charge is 0.318 e. The summed E-state index contributed by atoms with van der Waals surface area (Å²) in [5.41, 5.74) is 9.95. The molecule has 23 heteroatoms. The van der Waals surface area contributed by atoms with Crippen molar-refractivity contribution in [3.05, 3.63) is 182 Å². The molecule has 7 rings (SSSR count). The number of Topliss-reactive ketones (excluding diaryl/α,β-unsaturated/α-hetero) is 2. The lowest BCUT2D eigenvalue weighted by Gasteiger charge is -2.24. The van der Waals surface area contributed by atoms with Crippen LogP contribution in [0.25, 0.3) is 6.08 Å². The molecule has 5 aromatic rings. The summed E-state index contributed by atoms with van der Waals surface area (Å²) in [4.78, 5) is 89.9. The zero-order valence-corrected chi connectivity index (χ0v) is 42.4. The van der Waals surface area contributed by atoms with Gasteiger partial charge in [-0.05, 0) is 76.1 Å². The average molecular weight is 1050 g/mol. The van der Waals surface area contributed by atoms with Crippen LogP contribution in [0.2, 0.25) is 0 Å². The van der Waals surface area contributed by atoms with Gasteiger partial charge in [0.2, 0.25) is 11.4 Å². The van der Waals surface area contributed by atoms with Crippen molar-refractivity contribution in [3.8, 4) is 17.2 Å². The lowest BCUT2D eigenvalue weighted by atomic mass is 9.80. The Morgan fingerprint density at radius 1 is 0.773 bits per heavy atom. The monoisotopic (exact) mass is 1050 g/mol. The van der Waals surface area contributed by atoms with E-state index in [1.54, 1.807) is 0 Å². The number of nitrogens with two attached hydrogens (primary N) is 1. The highest BCUT2D eigenvalue weighted by molar-refractivity contribution is 6.27. The van der Waals surface area contributed by atoms with E-state index in [-0.39, 0.29) is 69.5 Å². The first kappa shape index (κ1) is 56.9. The van der Waals surface area contributed by atoms with Crippen molar-refractivity contribution in [2.45, 2.75) is 45.6 Å². The standard InChI is InChI=1S/C23H28ClN2.C22H19N3O10.C7H4N2O5/c1-5-26(17-16-24)19-13-10-18(11-14-19)12-15-22-23(2,3)20-8-6-7-9-21(20)25(22)4;1-10-19(21(28)14-8-18(34-3)17(33-2)7-13(14)20(10)27)15(23)5-11-4-12(24(29)30)6-16(25(31)32)22(11)35-9-26;10-4-5-1-2-6(8(11)12)3-7(5)9(13)14/h6-15H,5,16-17H2,1-4H3;4,6-9,15H,5,23H2,1-3H3;1-4H/q+1;;. The molecule has 5 aromatic carbocycles. The van der Waals surface area contributed by atoms with Crippen molar-refractivity contribution in [2.75, 3.05) is 45.1 Å². The maximum atomic E-state index is 13.3. The number of rotatable bonds is 18. The summed E-state index contributed by atoms with van der Waals surface area (Å²) in [7, 11) is 4.89. The van der Waals surface area contributed by atoms with Crippen molar-refractivity contribution in [3.63, 3.8) is 0 Å². The molecular formula is C52H51ClN7O15+. The Labute approximate surface area is 433 Å². The average Bonchev–Trinajstić information content (AvgIpc) is 3.59. The van der Waals surface area contributed by atoms with E-state index in [2.05, 4.69) is 98.0 Å². The van der Waals surface area contributed by atoms with Gasteiger partial charge in [-0.1, -0.05) is 30.3 Å². The second-order valence-electron chi connectivity index (χ2n) is 17.1. The van der Waals surface area contributed by atoms with Crippen LogP contribution in [-0.4, -0.2) is 101 Å². The van der Waals surface area contributed by atoms with E-state index in [1.807, 2.05) is 0 Å². The number of nitro benzene ring substituents is 4. The number of aldehydes is 1. The summed E-state index contributed by atoms with van der Waals surface area (Å²) in [6.07, 6.45) is 4.36. The third-order valence-corrected chi connectivity index (χ3v) is 12.6. The molecule has 2 aliphatic rings. The van der Waals surface area contributed by atoms with Crippen molar-refractivity contribution in [1.82, 2.24) is 0 Å². The Balaban J connectivity index is 0.000000227. The number of alkyl halides is 1. The van der Waals surface area contributed by atoms with E-state index in [9.17, 15) is 59.6 Å². The van der Waals surface area contributed by atoms with Crippen LogP contribution in [-0.2, 0) is 16.6 Å². The van der Waals surface area contributed by atoms with Crippen molar-refractivity contribution >= 4 is 81.8 Å². The number of methoxy groups -OCH3 is 2. The van der Waals surface area contributed by atoms with Crippen LogP contribution in [0.4, 0.5) is 34.1 Å². The summed E-state index contributed by atoms with van der Waals surface area (Å²) >= 11 is 5.90. The number of benzene rings is 5. The molecule has 0 bridgehead atoms. The van der Waals surface area contributed by atoms with Crippen LogP contribution in [0, 0.1) is 40.5 Å². The molecule has 0 spiro atoms. The molecular weight excluding hydrogens is 998 g/mol. The van der Waals surface area contributed by atoms with Gasteiger partial charge in [-0.15, -0.1) is 11.6 Å². The van der Waals surface area contributed by atoms with Gasteiger partial charge in [-0.25, -0.2) is 0 Å². The van der Waals surface area contributed by atoms with E-state index < -0.39 is 65.8 Å². The van der Waals surface area contributed by atoms with Gasteiger partial charge >= 0.3 is 5.69 Å². The van der Waals surface area contributed by atoms with E-state index in [0.29, 0.717) is 11.9 Å². The van der Waals surface area contributed by atoms with Crippen LogP contribution < -0.4 is 24.8 Å². The van der Waals surface area contributed by atoms with Crippen molar-refractivity contribution in [1.29, 1.82) is 0 Å². The van der Waals surface area contributed by atoms with Gasteiger partial charge in [0.25, 0.3) is 23.5 Å². The molecule has 0 saturated carbocycles. The summed E-state index contributed by atoms with van der Waals surface area (Å²) in [6.45, 7) is 9.92. The van der Waals surface area contributed by atoms with E-state index in [4.69, 9.17) is 31.5 Å². The minimum Gasteiger partial charge on any atom is -0.493 e. The number of halogens is 1. The Kier molecular flexibility index (Phi) is 18.7. The minimum absolute atomic E-state index is 0.0121. The molecule has 0 amide bonds. The first-order valence-corrected chi connectivity index (χ1v) is 23.2. The number of nitro groups is 4. The molecule has 75 heavy (non-hydrogen) atoms. The van der Waals surface area contributed by atoms with Gasteiger partial charge in [-0.2, -0.15) is 4.58 Å². The highest BCUT2D eigenvalue weighted by Gasteiger charge is 2.42. The number of allylic oxidation sites excluding steroid dienone is 2. The van der Waals surface area contributed by atoms with Crippen LogP contribution in [0.1, 0.15) is 75.5 Å². The highest BCUT2D eigenvalue weighted by Crippen LogP contribution is 2.41. The molecule has 390 valence electrons. The lowest BCUT2D eigenvalue weighted by Crippen LogP contribution is -2.35. The van der Waals surface area contributed by atoms with Gasteiger partial charge < -0.3 is 24.8 Å². The topological polar surface area (TPSA) is 301 Å². The zero-order valence-electron chi connectivity index (χ0n) is 41.6. The first-order chi connectivity index (χ1) is 35.6. The SMILES string of the molecule is CCN(CCCl)c1ccc(C=CC2=[N+](C)c3ccccc3C2(C)C)cc1.COc1cc2c(cc1OC)C(=O)C(C(N)Cc1cc([N+](=O)[O-])cc([N+](=O)[O-])c1OC=O)=C(C)C2=O.O=Cc1ccc([N+](=O)[O-])cc1[N+](=O)[O-]. The molecule has 1 aliphatic carbocycles. The highest BCUT2D eigenvalue weighted by atomic mass is 35.5. The maximum Gasteiger partial charge on any atom is 0.318 e. The molecule has 0 radical (unpaired) electrons. The summed E-state index contributed by atoms with van der Waals surface area (Å²) in [5, 5.41) is 43.4. The third-order valence-electron chi connectivity index (χ3n) is 12.4. The molecule has 22 nitrogen and oxygen atoms in total. The number of nitrogens with zero attached hydrogens (tertiary/aromatic N) is 6. The summed E-state index contributed by atoms with van der Waals surface area (Å²) in [5.74, 6) is -0.548. The summed E-state index contributed by atoms with van der Waals surface area (Å²) in [6, 6.07) is 23.3. The van der Waals surface area contributed by atoms with Gasteiger partial charge in [0.1, 0.15) is 7.05 Å². The number of para-hydroxylation sites is 1. The van der Waals surface area contributed by atoms with E-state index >= 15 is 0 Å². The zero-order chi connectivity index (χ0) is 55.5. The fourth-order valence-electron chi connectivity index (χ4n) is 8.66. The number of hydrogen-bond donors (Lipinski definition) is 1. The Morgan fingerprint density at radius 3 is 1.88 bits per heavy atom. The van der Waals surface area contributed by atoms with Crippen LogP contribution in [0.5, 0.6) is 17.2 Å². The molecule has 0 saturated heterocycles. The molecule has 1 unspecified atom stereocenters. The molecule has 2 N–H and O–H groups in total. The van der Waals surface area contributed by atoms with Crippen LogP contribution in [0.15, 0.2) is 108 Å². The van der Waals surface area contributed by atoms with E-state index in [0.717, 1.165) is 37.4 Å². The predicted octanol–water partition coefficient (Wildman–Crippen LogP) is 9.11. The summed E-state index contributed by atoms with van der Waals surface area (Å²) < 4.78 is 17.4. The number of anilines is 1. The Hall–Kier alpha value is -9.02. The molecule has 1 atom stereocenters. The predicted molar refractivity (Wildman–Crippen MR) is 279 cm³/mol. The fourth-order valence-corrected chi connectivity index (χ4v) is 8.86. The first-order valence-electron chi connectivity index (χ1n) is 22.7. The Bertz CT molecular complexity index is 3210. The number of non-ortho nitro benzene ring substituents is 2. The number of ketones is 2. The molecule has 1 aliphatic heterocycles. The van der Waals surface area contributed by atoms with Crippen molar-refractivity contribution in [2.24, 2.45) is 5.73 Å². The number of ether oxygens (including phenoxy) is 3. The fraction of sp³-hybridized carbons (Fsp3) is 0.250. The number of carbonyl (C=O) groups is 4. The minimum atomic E-state index is -1.23. The van der Waals surface area contributed by atoms with E-state index in [1.165, 1.54) is 61.5 Å². The molecule has 0 aromatic heterocycles. The van der Waals surface area contributed by atoms with Crippen LogP contribution >= 0.6 is 11.6 Å². The van der Waals surface area contributed by atoms with Gasteiger partial charge in [-0.3, -0.25) is 59.6 Å². The van der Waals surface area contributed by atoms with Crippen molar-refractivity contribution < 1.29 is 57.7 Å². The number of carbonyl (C=O) groups excluding carboxylic acids is 4. The van der Waals surface area contributed by atoms with Gasteiger partial charge in [0.05, 0.1) is 57.0 Å². The lowest BCUT2D eigenvalue weighted by molar-refractivity contribution is -0.401. The molecule has 0 fully saturated rings. The second kappa shape index (κ2) is 24.6. The largest absolute Gasteiger partial charge is 0.493 e. The normalized spacial score (nSPS) is 13.6. The number of fused-ring (bicyclic) bond motifs is 2. The number of hydrogen-bond acceptors (Lipinski definition) is 17.